The van der Waals surface area contributed by atoms with Gasteiger partial charge in [0.05, 0.1) is 11.6 Å². The van der Waals surface area contributed by atoms with Crippen molar-refractivity contribution in [2.24, 2.45) is 0 Å². The fourth-order valence-electron chi connectivity index (χ4n) is 1.69. The summed E-state index contributed by atoms with van der Waals surface area (Å²) in [6, 6.07) is 4.05. The zero-order chi connectivity index (χ0) is 14.7. The lowest BCUT2D eigenvalue weighted by Crippen LogP contribution is -2.27. The first-order valence-corrected chi connectivity index (χ1v) is 7.82. The number of benzene rings is 1. The molecule has 1 unspecified atom stereocenters. The van der Waals surface area contributed by atoms with E-state index in [9.17, 15) is 9.18 Å². The first-order chi connectivity index (χ1) is 9.51. The number of carbonyl (C=O) groups excluding carboxylic acids is 1. The van der Waals surface area contributed by atoms with Gasteiger partial charge >= 0.3 is 0 Å². The van der Waals surface area contributed by atoms with Crippen molar-refractivity contribution in [2.75, 3.05) is 0 Å². The lowest BCUT2D eigenvalue weighted by Gasteiger charge is -2.12. The van der Waals surface area contributed by atoms with Gasteiger partial charge in [-0.05, 0) is 31.5 Å². The van der Waals surface area contributed by atoms with Gasteiger partial charge in [0.25, 0.3) is 5.91 Å². The number of halogens is 2. The molecule has 6 heteroatoms. The number of thiazole rings is 1. The van der Waals surface area contributed by atoms with Crippen LogP contribution >= 0.6 is 27.3 Å². The Bertz CT molecular complexity index is 629. The van der Waals surface area contributed by atoms with Crippen molar-refractivity contribution in [1.82, 2.24) is 10.3 Å². The molecule has 0 saturated heterocycles. The second-order valence-corrected chi connectivity index (χ2v) is 6.40. The number of nitrogens with one attached hydrogen (secondary N) is 1. The lowest BCUT2D eigenvalue weighted by molar-refractivity contribution is 0.0935. The van der Waals surface area contributed by atoms with E-state index in [-0.39, 0.29) is 11.6 Å². The van der Waals surface area contributed by atoms with Crippen molar-refractivity contribution in [3.8, 4) is 0 Å². The molecule has 1 atom stereocenters. The minimum atomic E-state index is -0.536. The largest absolute Gasteiger partial charge is 0.343 e. The van der Waals surface area contributed by atoms with Gasteiger partial charge in [-0.3, -0.25) is 4.79 Å². The first-order valence-electron chi connectivity index (χ1n) is 6.21. The average Bonchev–Trinajstić information content (AvgIpc) is 2.90. The standard InChI is InChI=1S/C14H14BrFN2OS/c1-3-10-7-17-14(20-10)8(2)18-13(19)11-6-9(15)4-5-12(11)16/h4-8H,3H2,1-2H3,(H,18,19). The quantitative estimate of drug-likeness (QED) is 0.895. The first kappa shape index (κ1) is 15.1. The van der Waals surface area contributed by atoms with Crippen LogP contribution in [0.1, 0.15) is 40.1 Å². The van der Waals surface area contributed by atoms with Gasteiger partial charge in [0, 0.05) is 15.5 Å². The van der Waals surface area contributed by atoms with Crippen molar-refractivity contribution in [2.45, 2.75) is 26.3 Å². The van der Waals surface area contributed by atoms with E-state index in [1.807, 2.05) is 13.1 Å². The molecule has 106 valence electrons. The van der Waals surface area contributed by atoms with E-state index in [0.29, 0.717) is 4.47 Å². The molecule has 0 spiro atoms. The second-order valence-electron chi connectivity index (χ2n) is 4.34. The van der Waals surface area contributed by atoms with E-state index in [4.69, 9.17) is 0 Å². The molecule has 0 aliphatic carbocycles. The second kappa shape index (κ2) is 6.45. The fraction of sp³-hybridized carbons (Fsp3) is 0.286. The van der Waals surface area contributed by atoms with Gasteiger partial charge < -0.3 is 5.32 Å². The van der Waals surface area contributed by atoms with E-state index < -0.39 is 11.7 Å². The molecule has 3 nitrogen and oxygen atoms in total. The monoisotopic (exact) mass is 356 g/mol. The summed E-state index contributed by atoms with van der Waals surface area (Å²) in [5.74, 6) is -0.976. The van der Waals surface area contributed by atoms with Crippen LogP contribution in [0.5, 0.6) is 0 Å². The Hall–Kier alpha value is -1.27. The lowest BCUT2D eigenvalue weighted by atomic mass is 10.2. The predicted octanol–water partition coefficient (Wildman–Crippen LogP) is 4.10. The summed E-state index contributed by atoms with van der Waals surface area (Å²) in [5, 5.41) is 3.59. The zero-order valence-electron chi connectivity index (χ0n) is 11.1. The van der Waals surface area contributed by atoms with Gasteiger partial charge in [-0.1, -0.05) is 22.9 Å². The van der Waals surface area contributed by atoms with Crippen molar-refractivity contribution in [3.05, 3.63) is 50.1 Å². The normalized spacial score (nSPS) is 12.2. The molecule has 1 amide bonds. The Morgan fingerprint density at radius 3 is 2.95 bits per heavy atom. The number of aryl methyl sites for hydroxylation is 1. The summed E-state index contributed by atoms with van der Waals surface area (Å²) in [5.41, 5.74) is 0.0264. The number of hydrogen-bond donors (Lipinski definition) is 1. The van der Waals surface area contributed by atoms with Crippen LogP contribution in [0.25, 0.3) is 0 Å². The molecule has 1 aromatic carbocycles. The summed E-state index contributed by atoms with van der Waals surface area (Å²) in [6.45, 7) is 3.89. The van der Waals surface area contributed by atoms with Gasteiger partial charge in [-0.2, -0.15) is 0 Å². The molecule has 2 rings (SSSR count). The minimum absolute atomic E-state index is 0.0264. The third-order valence-corrected chi connectivity index (χ3v) is 4.63. The Labute approximate surface area is 129 Å². The van der Waals surface area contributed by atoms with Gasteiger partial charge in [0.15, 0.2) is 0 Å². The third kappa shape index (κ3) is 3.43. The number of aromatic nitrogens is 1. The maximum Gasteiger partial charge on any atom is 0.254 e. The summed E-state index contributed by atoms with van der Waals surface area (Å²) < 4.78 is 14.3. The van der Waals surface area contributed by atoms with E-state index >= 15 is 0 Å². The van der Waals surface area contributed by atoms with Gasteiger partial charge in [-0.25, -0.2) is 9.37 Å². The number of amides is 1. The summed E-state index contributed by atoms with van der Waals surface area (Å²) in [6.07, 6.45) is 2.72. The summed E-state index contributed by atoms with van der Waals surface area (Å²) in [4.78, 5) is 17.5. The highest BCUT2D eigenvalue weighted by atomic mass is 79.9. The third-order valence-electron chi connectivity index (χ3n) is 2.81. The van der Waals surface area contributed by atoms with Crippen LogP contribution in [0.3, 0.4) is 0 Å². The molecule has 0 radical (unpaired) electrons. The molecule has 0 fully saturated rings. The van der Waals surface area contributed by atoms with Crippen LogP contribution in [0.15, 0.2) is 28.9 Å². The summed E-state index contributed by atoms with van der Waals surface area (Å²) in [7, 11) is 0. The molecule has 1 N–H and O–H groups in total. The zero-order valence-corrected chi connectivity index (χ0v) is 13.5. The smallest absolute Gasteiger partial charge is 0.254 e. The molecule has 0 bridgehead atoms. The Morgan fingerprint density at radius 2 is 2.30 bits per heavy atom. The Balaban J connectivity index is 2.12. The van der Waals surface area contributed by atoms with E-state index in [0.717, 1.165) is 16.3 Å². The van der Waals surface area contributed by atoms with E-state index in [1.165, 1.54) is 12.1 Å². The Morgan fingerprint density at radius 1 is 1.55 bits per heavy atom. The minimum Gasteiger partial charge on any atom is -0.343 e. The molecular weight excluding hydrogens is 343 g/mol. The van der Waals surface area contributed by atoms with Crippen molar-refractivity contribution in [3.63, 3.8) is 0 Å². The van der Waals surface area contributed by atoms with Crippen LogP contribution < -0.4 is 5.32 Å². The molecule has 0 saturated carbocycles. The van der Waals surface area contributed by atoms with Crippen molar-refractivity contribution in [1.29, 1.82) is 0 Å². The number of rotatable bonds is 4. The number of carbonyl (C=O) groups is 1. The van der Waals surface area contributed by atoms with Gasteiger partial charge in [0.1, 0.15) is 10.8 Å². The fourth-order valence-corrected chi connectivity index (χ4v) is 2.91. The van der Waals surface area contributed by atoms with Gasteiger partial charge in [0.2, 0.25) is 0 Å². The topological polar surface area (TPSA) is 42.0 Å². The summed E-state index contributed by atoms with van der Waals surface area (Å²) >= 11 is 4.79. The highest BCUT2D eigenvalue weighted by Gasteiger charge is 2.17. The molecule has 20 heavy (non-hydrogen) atoms. The van der Waals surface area contributed by atoms with Crippen LogP contribution in [0.4, 0.5) is 4.39 Å². The van der Waals surface area contributed by atoms with Crippen LogP contribution in [-0.2, 0) is 6.42 Å². The van der Waals surface area contributed by atoms with E-state index in [1.54, 1.807) is 17.4 Å². The molecule has 1 aromatic heterocycles. The van der Waals surface area contributed by atoms with E-state index in [2.05, 4.69) is 33.2 Å². The molecule has 0 aliphatic heterocycles. The highest BCUT2D eigenvalue weighted by molar-refractivity contribution is 9.10. The number of hydrogen-bond acceptors (Lipinski definition) is 3. The van der Waals surface area contributed by atoms with Crippen LogP contribution in [0, 0.1) is 5.82 Å². The van der Waals surface area contributed by atoms with Gasteiger partial charge in [-0.15, -0.1) is 11.3 Å². The Kier molecular flexibility index (Phi) is 4.88. The van der Waals surface area contributed by atoms with Crippen LogP contribution in [-0.4, -0.2) is 10.9 Å². The molecule has 0 aliphatic rings. The van der Waals surface area contributed by atoms with Crippen molar-refractivity contribution < 1.29 is 9.18 Å². The highest BCUT2D eigenvalue weighted by Crippen LogP contribution is 2.21. The maximum absolute atomic E-state index is 13.6. The van der Waals surface area contributed by atoms with Crippen molar-refractivity contribution >= 4 is 33.2 Å². The van der Waals surface area contributed by atoms with Crippen LogP contribution in [0.2, 0.25) is 0 Å². The average molecular weight is 357 g/mol. The SMILES string of the molecule is CCc1cnc(C(C)NC(=O)c2cc(Br)ccc2F)s1. The molecule has 2 aromatic rings. The predicted molar refractivity (Wildman–Crippen MR) is 81.5 cm³/mol. The molecular formula is C14H14BrFN2OS. The number of nitrogens with zero attached hydrogens (tertiary/aromatic N) is 1. The molecule has 1 heterocycles. The maximum atomic E-state index is 13.6.